The lowest BCUT2D eigenvalue weighted by atomic mass is 9.96. The Balaban J connectivity index is 3.22. The number of carbonyl (C=O) groups excluding carboxylic acids is 6. The van der Waals surface area contributed by atoms with E-state index in [1.165, 1.54) is 6.92 Å². The maximum Gasteiger partial charge on any atom is 0.303 e. The molecule has 1 aliphatic heterocycles. The summed E-state index contributed by atoms with van der Waals surface area (Å²) in [5.74, 6) is -7.48. The summed E-state index contributed by atoms with van der Waals surface area (Å²) in [5.41, 5.74) is 0. The van der Waals surface area contributed by atoms with Gasteiger partial charge in [-0.2, -0.15) is 0 Å². The average molecular weight is 671 g/mol. The zero-order chi connectivity index (χ0) is 35.8. The first-order valence-corrected chi connectivity index (χ1v) is 15.8. The molecular weight excluding hydrogens is 620 g/mol. The van der Waals surface area contributed by atoms with Crippen LogP contribution < -0.4 is 31.9 Å². The largest absolute Gasteiger partial charge is 0.481 e. The van der Waals surface area contributed by atoms with E-state index in [0.29, 0.717) is 25.7 Å². The van der Waals surface area contributed by atoms with Crippen LogP contribution in [0.1, 0.15) is 79.6 Å². The van der Waals surface area contributed by atoms with E-state index in [9.17, 15) is 48.6 Å². The van der Waals surface area contributed by atoms with Gasteiger partial charge in [0, 0.05) is 12.8 Å². The highest BCUT2D eigenvalue weighted by Crippen LogP contribution is 2.12. The van der Waals surface area contributed by atoms with Gasteiger partial charge in [0.1, 0.15) is 30.5 Å². The number of rotatable bonds is 21. The Kier molecular flexibility index (Phi) is 17.6. The summed E-state index contributed by atoms with van der Waals surface area (Å²) in [7, 11) is 0. The second-order valence-corrected chi connectivity index (χ2v) is 12.1. The van der Waals surface area contributed by atoms with Crippen LogP contribution in [0, 0.1) is 11.8 Å². The molecule has 1 fully saturated rings. The summed E-state index contributed by atoms with van der Waals surface area (Å²) in [6.45, 7) is 8.63. The van der Waals surface area contributed by atoms with Gasteiger partial charge in [-0.05, 0) is 51.0 Å². The summed E-state index contributed by atoms with van der Waals surface area (Å²) in [5, 5.41) is 43.9. The van der Waals surface area contributed by atoms with Crippen molar-refractivity contribution in [2.75, 3.05) is 6.54 Å². The number of aliphatic hydroxyl groups is 1. The first-order valence-electron chi connectivity index (χ1n) is 15.8. The number of nitrogens with one attached hydrogen (secondary N) is 6. The minimum absolute atomic E-state index is 0.316. The molecule has 0 aromatic carbocycles. The summed E-state index contributed by atoms with van der Waals surface area (Å²) < 4.78 is 0. The van der Waals surface area contributed by atoms with Crippen molar-refractivity contribution in [1.29, 1.82) is 0 Å². The Morgan fingerprint density at radius 2 is 1.28 bits per heavy atom. The molecular formula is C30H50N6O11. The first kappa shape index (κ1) is 40.9. The SMILES string of the molecule is CC[C@H](C)[C@H](NC(=O)[C@@H](NC(=O)[C@@H]1CCCN1)[C@@H](C)O)C(=O)N[C@@H](CCC(=O)O)C(=O)N[C@@H](CCC(=O)O)C(=O)N[C@H](C=O)C(C)C. The van der Waals surface area contributed by atoms with Gasteiger partial charge in [0.05, 0.1) is 18.2 Å². The molecule has 17 heteroatoms. The van der Waals surface area contributed by atoms with Crippen LogP contribution in [0.15, 0.2) is 0 Å². The molecule has 1 aliphatic rings. The van der Waals surface area contributed by atoms with E-state index >= 15 is 0 Å². The van der Waals surface area contributed by atoms with Crippen LogP contribution in [0.25, 0.3) is 0 Å². The number of amides is 5. The third kappa shape index (κ3) is 14.0. The monoisotopic (exact) mass is 670 g/mol. The molecule has 17 nitrogen and oxygen atoms in total. The molecule has 0 radical (unpaired) electrons. The van der Waals surface area contributed by atoms with Crippen molar-refractivity contribution in [3.63, 3.8) is 0 Å². The van der Waals surface area contributed by atoms with E-state index in [2.05, 4.69) is 31.9 Å². The smallest absolute Gasteiger partial charge is 0.303 e. The second kappa shape index (κ2) is 20.2. The standard InChI is InChI=1S/C30H50N6O11/c1-6-16(4)24(35-30(47)25(17(5)38)36-26(43)18-8-7-13-31-18)29(46)33-20(10-12-23(41)42)27(44)32-19(9-11-22(39)40)28(45)34-21(14-37)15(2)3/h14-21,24-25,31,38H,6-13H2,1-5H3,(H,32,44)(H,33,46)(H,34,45)(H,35,47)(H,36,43)(H,39,40)(H,41,42)/t16-,17+,18-,19-,20-,21+,24-,25-/m0/s1. The maximum absolute atomic E-state index is 13.5. The average Bonchev–Trinajstić information content (AvgIpc) is 3.55. The normalized spacial score (nSPS) is 18.7. The van der Waals surface area contributed by atoms with E-state index in [-0.39, 0.29) is 12.3 Å². The van der Waals surface area contributed by atoms with Crippen LogP contribution in [-0.4, -0.2) is 112 Å². The van der Waals surface area contributed by atoms with Gasteiger partial charge in [-0.3, -0.25) is 33.6 Å². The molecule has 0 bridgehead atoms. The summed E-state index contributed by atoms with van der Waals surface area (Å²) >= 11 is 0. The lowest BCUT2D eigenvalue weighted by Crippen LogP contribution is -2.61. The topological polar surface area (TPSA) is 269 Å². The number of carboxylic acids is 2. The molecule has 0 aromatic rings. The van der Waals surface area contributed by atoms with Gasteiger partial charge >= 0.3 is 11.9 Å². The van der Waals surface area contributed by atoms with Gasteiger partial charge in [0.2, 0.25) is 29.5 Å². The van der Waals surface area contributed by atoms with Crippen molar-refractivity contribution in [2.45, 2.75) is 122 Å². The van der Waals surface area contributed by atoms with Gasteiger partial charge < -0.3 is 52.0 Å². The quantitative estimate of drug-likeness (QED) is 0.0611. The number of carboxylic acid groups (broad SMARTS) is 2. The Morgan fingerprint density at radius 3 is 1.70 bits per heavy atom. The molecule has 0 aliphatic carbocycles. The molecule has 8 atom stereocenters. The predicted molar refractivity (Wildman–Crippen MR) is 166 cm³/mol. The number of aldehydes is 1. The minimum Gasteiger partial charge on any atom is -0.481 e. The Bertz CT molecular complexity index is 1130. The van der Waals surface area contributed by atoms with Crippen LogP contribution in [0.3, 0.4) is 0 Å². The zero-order valence-corrected chi connectivity index (χ0v) is 27.5. The van der Waals surface area contributed by atoms with E-state index < -0.39 is 109 Å². The van der Waals surface area contributed by atoms with Crippen molar-refractivity contribution >= 4 is 47.8 Å². The van der Waals surface area contributed by atoms with E-state index in [4.69, 9.17) is 5.11 Å². The third-order valence-electron chi connectivity index (χ3n) is 7.97. The van der Waals surface area contributed by atoms with Crippen molar-refractivity contribution in [3.05, 3.63) is 0 Å². The molecule has 0 spiro atoms. The van der Waals surface area contributed by atoms with E-state index in [0.717, 1.165) is 6.42 Å². The fraction of sp³-hybridized carbons (Fsp3) is 0.733. The highest BCUT2D eigenvalue weighted by atomic mass is 16.4. The Morgan fingerprint density at radius 1 is 0.766 bits per heavy atom. The lowest BCUT2D eigenvalue weighted by Gasteiger charge is -2.30. The molecule has 1 heterocycles. The highest BCUT2D eigenvalue weighted by molar-refractivity contribution is 5.96. The van der Waals surface area contributed by atoms with Gasteiger partial charge in [-0.15, -0.1) is 0 Å². The van der Waals surface area contributed by atoms with Crippen molar-refractivity contribution in [1.82, 2.24) is 31.9 Å². The molecule has 266 valence electrons. The zero-order valence-electron chi connectivity index (χ0n) is 27.5. The van der Waals surface area contributed by atoms with E-state index in [1.54, 1.807) is 27.7 Å². The first-order chi connectivity index (χ1) is 22.0. The van der Waals surface area contributed by atoms with Crippen molar-refractivity contribution < 1.29 is 53.7 Å². The van der Waals surface area contributed by atoms with Crippen LogP contribution in [0.4, 0.5) is 0 Å². The van der Waals surface area contributed by atoms with Crippen LogP contribution >= 0.6 is 0 Å². The molecule has 0 unspecified atom stereocenters. The van der Waals surface area contributed by atoms with Gasteiger partial charge in [-0.1, -0.05) is 34.1 Å². The summed E-state index contributed by atoms with van der Waals surface area (Å²) in [6.07, 6.45) is -1.06. The van der Waals surface area contributed by atoms with Crippen LogP contribution in [-0.2, 0) is 38.4 Å². The van der Waals surface area contributed by atoms with Gasteiger partial charge in [0.25, 0.3) is 0 Å². The molecule has 1 saturated heterocycles. The highest BCUT2D eigenvalue weighted by Gasteiger charge is 2.36. The second-order valence-electron chi connectivity index (χ2n) is 12.1. The molecule has 0 saturated carbocycles. The fourth-order valence-corrected chi connectivity index (χ4v) is 4.74. The van der Waals surface area contributed by atoms with Crippen LogP contribution in [0.5, 0.6) is 0 Å². The Labute approximate surface area is 273 Å². The summed E-state index contributed by atoms with van der Waals surface area (Å²) in [6, 6.07) is -7.15. The molecule has 47 heavy (non-hydrogen) atoms. The van der Waals surface area contributed by atoms with Crippen molar-refractivity contribution in [3.8, 4) is 0 Å². The molecule has 9 N–H and O–H groups in total. The van der Waals surface area contributed by atoms with Crippen LogP contribution in [0.2, 0.25) is 0 Å². The lowest BCUT2D eigenvalue weighted by molar-refractivity contribution is -0.140. The molecule has 1 rings (SSSR count). The third-order valence-corrected chi connectivity index (χ3v) is 7.97. The minimum atomic E-state index is -1.53. The van der Waals surface area contributed by atoms with Gasteiger partial charge in [-0.25, -0.2) is 0 Å². The Hall–Kier alpha value is -4.12. The fourth-order valence-electron chi connectivity index (χ4n) is 4.74. The summed E-state index contributed by atoms with van der Waals surface area (Å²) in [4.78, 5) is 99.8. The maximum atomic E-state index is 13.5. The number of carbonyl (C=O) groups is 8. The molecule has 5 amide bonds. The van der Waals surface area contributed by atoms with Crippen molar-refractivity contribution in [2.24, 2.45) is 11.8 Å². The number of aliphatic carboxylic acids is 2. The predicted octanol–water partition coefficient (Wildman–Crippen LogP) is -1.83. The van der Waals surface area contributed by atoms with Gasteiger partial charge in [0.15, 0.2) is 0 Å². The van der Waals surface area contributed by atoms with E-state index in [1.807, 2.05) is 0 Å². The number of hydrogen-bond acceptors (Lipinski definition) is 10. The number of hydrogen-bond donors (Lipinski definition) is 9. The number of aliphatic hydroxyl groups excluding tert-OH is 1. The molecule has 0 aromatic heterocycles.